The van der Waals surface area contributed by atoms with E-state index in [1.54, 1.807) is 0 Å². The fourth-order valence-corrected chi connectivity index (χ4v) is 4.50. The Morgan fingerprint density at radius 3 is 2.86 bits per heavy atom. The van der Waals surface area contributed by atoms with E-state index >= 15 is 0 Å². The van der Waals surface area contributed by atoms with Crippen LogP contribution in [0.15, 0.2) is 30.3 Å². The molecule has 1 amide bonds. The average Bonchev–Trinajstić information content (AvgIpc) is 3.21. The van der Waals surface area contributed by atoms with Gasteiger partial charge in [-0.05, 0) is 69.3 Å². The molecule has 2 aliphatic heterocycles. The van der Waals surface area contributed by atoms with Gasteiger partial charge in [-0.15, -0.1) is 24.8 Å². The number of hydrogen-bond donors (Lipinski definition) is 2. The molecule has 4 rings (SSSR count). The zero-order chi connectivity index (χ0) is 18.6. The molecule has 2 aliphatic rings. The minimum Gasteiger partial charge on any atom is -0.354 e. The minimum absolute atomic E-state index is 0. The zero-order valence-corrected chi connectivity index (χ0v) is 18.7. The highest BCUT2D eigenvalue weighted by molar-refractivity contribution is 5.85. The summed E-state index contributed by atoms with van der Waals surface area (Å²) in [5, 5.41) is 7.71. The van der Waals surface area contributed by atoms with Crippen molar-refractivity contribution in [3.63, 3.8) is 0 Å². The maximum atomic E-state index is 12.3. The lowest BCUT2D eigenvalue weighted by Crippen LogP contribution is -2.45. The van der Waals surface area contributed by atoms with Crippen LogP contribution in [0.3, 0.4) is 0 Å². The topological polar surface area (TPSA) is 57.3 Å². The third kappa shape index (κ3) is 6.05. The van der Waals surface area contributed by atoms with Crippen molar-refractivity contribution in [1.82, 2.24) is 20.5 Å². The fraction of sp³-hybridized carbons (Fsp3) is 0.545. The molecule has 7 heteroatoms. The molecule has 2 saturated heterocycles. The summed E-state index contributed by atoms with van der Waals surface area (Å²) < 4.78 is 0. The van der Waals surface area contributed by atoms with Crippen LogP contribution in [0, 0.1) is 12.8 Å². The summed E-state index contributed by atoms with van der Waals surface area (Å²) in [6.07, 6.45) is 4.47. The molecule has 0 aliphatic carbocycles. The molecule has 2 unspecified atom stereocenters. The highest BCUT2D eigenvalue weighted by Crippen LogP contribution is 2.23. The number of pyridine rings is 1. The number of amides is 1. The van der Waals surface area contributed by atoms with E-state index in [1.807, 2.05) is 0 Å². The summed E-state index contributed by atoms with van der Waals surface area (Å²) in [6, 6.07) is 10.7. The summed E-state index contributed by atoms with van der Waals surface area (Å²) in [7, 11) is 0. The van der Waals surface area contributed by atoms with E-state index in [0.717, 1.165) is 56.8 Å². The van der Waals surface area contributed by atoms with Crippen molar-refractivity contribution in [2.45, 2.75) is 45.2 Å². The SMILES string of the molecule is Cc1cc(CN2CCCC(CNC(=O)C3CCCN3)C2)c2ccccc2n1.Cl.Cl. The van der Waals surface area contributed by atoms with Gasteiger partial charge in [-0.2, -0.15) is 0 Å². The minimum atomic E-state index is 0. The molecule has 1 aromatic heterocycles. The lowest BCUT2D eigenvalue weighted by molar-refractivity contribution is -0.123. The Bertz CT molecular complexity index is 810. The molecule has 2 N–H and O–H groups in total. The lowest BCUT2D eigenvalue weighted by atomic mass is 9.96. The van der Waals surface area contributed by atoms with E-state index in [-0.39, 0.29) is 36.8 Å². The van der Waals surface area contributed by atoms with Gasteiger partial charge in [0.25, 0.3) is 0 Å². The molecule has 2 aromatic rings. The van der Waals surface area contributed by atoms with Crippen LogP contribution in [0.5, 0.6) is 0 Å². The second kappa shape index (κ2) is 11.1. The number of piperidine rings is 1. The zero-order valence-electron chi connectivity index (χ0n) is 17.0. The summed E-state index contributed by atoms with van der Waals surface area (Å²) in [5.41, 5.74) is 3.52. The Labute approximate surface area is 185 Å². The number of carbonyl (C=O) groups is 1. The average molecular weight is 439 g/mol. The second-order valence-corrected chi connectivity index (χ2v) is 8.08. The molecule has 160 valence electrons. The predicted octanol–water partition coefficient (Wildman–Crippen LogP) is 3.47. The third-order valence-corrected chi connectivity index (χ3v) is 5.87. The van der Waals surface area contributed by atoms with Crippen LogP contribution >= 0.6 is 24.8 Å². The standard InChI is InChI=1S/C22H30N4O.2ClH/c1-16-12-18(19-7-2-3-8-20(19)25-16)15-26-11-5-6-17(14-26)13-24-22(27)21-9-4-10-23-21;;/h2-3,7-8,12,17,21,23H,4-6,9-11,13-15H2,1H3,(H,24,27);2*1H. The normalized spacial score (nSPS) is 22.0. The Kier molecular flexibility index (Phi) is 9.15. The van der Waals surface area contributed by atoms with Crippen molar-refractivity contribution in [1.29, 1.82) is 0 Å². The number of aryl methyl sites for hydroxylation is 1. The van der Waals surface area contributed by atoms with Crippen LogP contribution < -0.4 is 10.6 Å². The molecule has 0 spiro atoms. The Morgan fingerprint density at radius 1 is 1.24 bits per heavy atom. The molecular weight excluding hydrogens is 407 g/mol. The van der Waals surface area contributed by atoms with Crippen molar-refractivity contribution < 1.29 is 4.79 Å². The number of halogens is 2. The number of hydrogen-bond acceptors (Lipinski definition) is 4. The van der Waals surface area contributed by atoms with E-state index in [0.29, 0.717) is 5.92 Å². The van der Waals surface area contributed by atoms with Gasteiger partial charge in [0.1, 0.15) is 0 Å². The van der Waals surface area contributed by atoms with Crippen molar-refractivity contribution in [3.8, 4) is 0 Å². The lowest BCUT2D eigenvalue weighted by Gasteiger charge is -2.33. The molecule has 5 nitrogen and oxygen atoms in total. The van der Waals surface area contributed by atoms with Crippen LogP contribution in [0.1, 0.15) is 36.9 Å². The van der Waals surface area contributed by atoms with Crippen molar-refractivity contribution in [2.24, 2.45) is 5.92 Å². The van der Waals surface area contributed by atoms with Gasteiger partial charge >= 0.3 is 0 Å². The maximum Gasteiger partial charge on any atom is 0.237 e. The third-order valence-electron chi connectivity index (χ3n) is 5.87. The van der Waals surface area contributed by atoms with Crippen LogP contribution in [-0.4, -0.2) is 48.0 Å². The van der Waals surface area contributed by atoms with E-state index in [2.05, 4.69) is 57.8 Å². The van der Waals surface area contributed by atoms with E-state index < -0.39 is 0 Å². The number of nitrogens with one attached hydrogen (secondary N) is 2. The summed E-state index contributed by atoms with van der Waals surface area (Å²) in [6.45, 7) is 6.97. The van der Waals surface area contributed by atoms with Crippen LogP contribution in [0.4, 0.5) is 0 Å². The number of likely N-dealkylation sites (tertiary alicyclic amines) is 1. The highest BCUT2D eigenvalue weighted by Gasteiger charge is 2.25. The first kappa shape index (κ1) is 23.9. The molecule has 29 heavy (non-hydrogen) atoms. The van der Waals surface area contributed by atoms with Gasteiger partial charge in [0, 0.05) is 30.7 Å². The molecular formula is C22H32Cl2N4O. The van der Waals surface area contributed by atoms with Crippen molar-refractivity contribution in [3.05, 3.63) is 41.6 Å². The monoisotopic (exact) mass is 438 g/mol. The Balaban J connectivity index is 0.00000150. The molecule has 2 atom stereocenters. The van der Waals surface area contributed by atoms with E-state index in [9.17, 15) is 4.79 Å². The Morgan fingerprint density at radius 2 is 2.07 bits per heavy atom. The number of para-hydroxylation sites is 1. The summed E-state index contributed by atoms with van der Waals surface area (Å²) in [5.74, 6) is 0.721. The van der Waals surface area contributed by atoms with Gasteiger partial charge < -0.3 is 10.6 Å². The number of aromatic nitrogens is 1. The summed E-state index contributed by atoms with van der Waals surface area (Å²) >= 11 is 0. The largest absolute Gasteiger partial charge is 0.354 e. The fourth-order valence-electron chi connectivity index (χ4n) is 4.50. The maximum absolute atomic E-state index is 12.3. The number of benzene rings is 1. The smallest absolute Gasteiger partial charge is 0.237 e. The summed E-state index contributed by atoms with van der Waals surface area (Å²) in [4.78, 5) is 19.4. The first-order chi connectivity index (χ1) is 13.2. The van der Waals surface area contributed by atoms with Crippen LogP contribution in [0.25, 0.3) is 10.9 Å². The highest BCUT2D eigenvalue weighted by atomic mass is 35.5. The van der Waals surface area contributed by atoms with Gasteiger partial charge in [0.15, 0.2) is 0 Å². The van der Waals surface area contributed by atoms with Crippen LogP contribution in [-0.2, 0) is 11.3 Å². The van der Waals surface area contributed by atoms with Gasteiger partial charge in [-0.25, -0.2) is 0 Å². The number of rotatable bonds is 5. The molecule has 2 fully saturated rings. The van der Waals surface area contributed by atoms with E-state index in [1.165, 1.54) is 23.8 Å². The number of fused-ring (bicyclic) bond motifs is 1. The van der Waals surface area contributed by atoms with Gasteiger partial charge in [-0.1, -0.05) is 18.2 Å². The van der Waals surface area contributed by atoms with Crippen molar-refractivity contribution in [2.75, 3.05) is 26.2 Å². The predicted molar refractivity (Wildman–Crippen MR) is 123 cm³/mol. The van der Waals surface area contributed by atoms with Gasteiger partial charge in [-0.3, -0.25) is 14.7 Å². The molecule has 0 saturated carbocycles. The molecule has 0 bridgehead atoms. The van der Waals surface area contributed by atoms with E-state index in [4.69, 9.17) is 0 Å². The quantitative estimate of drug-likeness (QED) is 0.749. The second-order valence-electron chi connectivity index (χ2n) is 8.08. The molecule has 1 aromatic carbocycles. The number of carbonyl (C=O) groups excluding carboxylic acids is 1. The first-order valence-electron chi connectivity index (χ1n) is 10.3. The number of nitrogens with zero attached hydrogens (tertiary/aromatic N) is 2. The Hall–Kier alpha value is -1.40. The van der Waals surface area contributed by atoms with Gasteiger partial charge in [0.2, 0.25) is 5.91 Å². The molecule has 3 heterocycles. The van der Waals surface area contributed by atoms with Crippen molar-refractivity contribution >= 4 is 41.6 Å². The van der Waals surface area contributed by atoms with Gasteiger partial charge in [0.05, 0.1) is 11.6 Å². The van der Waals surface area contributed by atoms with Crippen LogP contribution in [0.2, 0.25) is 0 Å². The first-order valence-corrected chi connectivity index (χ1v) is 10.3. The molecule has 0 radical (unpaired) electrons.